The molecule has 2 rings (SSSR count). The van der Waals surface area contributed by atoms with E-state index in [9.17, 15) is 0 Å². The molecule has 0 radical (unpaired) electrons. The Morgan fingerprint density at radius 3 is 2.67 bits per heavy atom. The van der Waals surface area contributed by atoms with Gasteiger partial charge in [-0.1, -0.05) is 23.7 Å². The van der Waals surface area contributed by atoms with Crippen molar-refractivity contribution in [2.75, 3.05) is 17.2 Å². The van der Waals surface area contributed by atoms with Crippen molar-refractivity contribution in [3.63, 3.8) is 0 Å². The molecule has 4 heteroatoms. The molecule has 18 heavy (non-hydrogen) atoms. The molecular weight excluding hydrogens is 246 g/mol. The van der Waals surface area contributed by atoms with Crippen molar-refractivity contribution in [1.82, 2.24) is 4.98 Å². The molecule has 0 saturated carbocycles. The molecule has 0 bridgehead atoms. The highest BCUT2D eigenvalue weighted by Crippen LogP contribution is 2.22. The van der Waals surface area contributed by atoms with E-state index in [-0.39, 0.29) is 0 Å². The lowest BCUT2D eigenvalue weighted by Crippen LogP contribution is -2.01. The van der Waals surface area contributed by atoms with Crippen molar-refractivity contribution in [2.45, 2.75) is 13.8 Å². The highest BCUT2D eigenvalue weighted by molar-refractivity contribution is 6.31. The summed E-state index contributed by atoms with van der Waals surface area (Å²) in [5.41, 5.74) is 2.00. The van der Waals surface area contributed by atoms with Gasteiger partial charge in [-0.25, -0.2) is 4.98 Å². The van der Waals surface area contributed by atoms with Crippen LogP contribution >= 0.6 is 11.6 Å². The van der Waals surface area contributed by atoms with E-state index in [1.54, 1.807) is 0 Å². The predicted molar refractivity (Wildman–Crippen MR) is 77.9 cm³/mol. The summed E-state index contributed by atoms with van der Waals surface area (Å²) in [7, 11) is 0. The van der Waals surface area contributed by atoms with Gasteiger partial charge in [-0.15, -0.1) is 0 Å². The van der Waals surface area contributed by atoms with Crippen LogP contribution in [0.15, 0.2) is 36.4 Å². The number of hydrogen-bond donors (Lipinski definition) is 2. The second kappa shape index (κ2) is 5.74. The molecule has 1 heterocycles. The van der Waals surface area contributed by atoms with Gasteiger partial charge in [-0.05, 0) is 43.7 Å². The lowest BCUT2D eigenvalue weighted by molar-refractivity contribution is 1.16. The Kier molecular flexibility index (Phi) is 4.05. The Hall–Kier alpha value is -1.74. The van der Waals surface area contributed by atoms with Gasteiger partial charge in [-0.3, -0.25) is 0 Å². The van der Waals surface area contributed by atoms with Crippen molar-refractivity contribution in [3.8, 4) is 0 Å². The molecule has 2 aromatic rings. The van der Waals surface area contributed by atoms with Gasteiger partial charge in [0.2, 0.25) is 0 Å². The summed E-state index contributed by atoms with van der Waals surface area (Å²) in [6.07, 6.45) is 0. The molecule has 94 valence electrons. The molecule has 0 atom stereocenters. The monoisotopic (exact) mass is 261 g/mol. The number of aromatic nitrogens is 1. The van der Waals surface area contributed by atoms with E-state index in [1.165, 1.54) is 0 Å². The van der Waals surface area contributed by atoms with Gasteiger partial charge < -0.3 is 10.6 Å². The first kappa shape index (κ1) is 12.7. The molecule has 1 aromatic heterocycles. The van der Waals surface area contributed by atoms with E-state index >= 15 is 0 Å². The molecule has 1 aromatic carbocycles. The zero-order valence-electron chi connectivity index (χ0n) is 10.5. The zero-order valence-corrected chi connectivity index (χ0v) is 11.3. The lowest BCUT2D eigenvalue weighted by Gasteiger charge is -2.09. The number of pyridine rings is 1. The van der Waals surface area contributed by atoms with Crippen LogP contribution in [0.1, 0.15) is 12.5 Å². The van der Waals surface area contributed by atoms with E-state index in [0.717, 1.165) is 34.5 Å². The van der Waals surface area contributed by atoms with Crippen LogP contribution in [-0.2, 0) is 0 Å². The van der Waals surface area contributed by atoms with Crippen LogP contribution in [0, 0.1) is 6.92 Å². The van der Waals surface area contributed by atoms with E-state index in [2.05, 4.69) is 15.6 Å². The number of halogens is 1. The first-order valence-electron chi connectivity index (χ1n) is 5.93. The van der Waals surface area contributed by atoms with Gasteiger partial charge in [0.05, 0.1) is 0 Å². The second-order valence-electron chi connectivity index (χ2n) is 4.03. The Bertz CT molecular complexity index is 540. The second-order valence-corrected chi connectivity index (χ2v) is 4.43. The van der Waals surface area contributed by atoms with E-state index in [1.807, 2.05) is 50.2 Å². The minimum atomic E-state index is 0.753. The maximum Gasteiger partial charge on any atom is 0.132 e. The topological polar surface area (TPSA) is 37.0 Å². The third-order valence-corrected chi connectivity index (χ3v) is 2.96. The van der Waals surface area contributed by atoms with Crippen molar-refractivity contribution < 1.29 is 0 Å². The van der Waals surface area contributed by atoms with Crippen molar-refractivity contribution in [2.24, 2.45) is 0 Å². The first-order chi connectivity index (χ1) is 8.69. The maximum absolute atomic E-state index is 6.09. The van der Waals surface area contributed by atoms with E-state index < -0.39 is 0 Å². The fourth-order valence-electron chi connectivity index (χ4n) is 1.60. The number of nitrogens with one attached hydrogen (secondary N) is 2. The average molecular weight is 262 g/mol. The molecule has 0 aliphatic carbocycles. The van der Waals surface area contributed by atoms with Gasteiger partial charge >= 0.3 is 0 Å². The Morgan fingerprint density at radius 1 is 1.17 bits per heavy atom. The number of nitrogens with zero attached hydrogens (tertiary/aromatic N) is 1. The minimum Gasteiger partial charge on any atom is -0.370 e. The summed E-state index contributed by atoms with van der Waals surface area (Å²) in [6, 6.07) is 11.7. The number of aryl methyl sites for hydroxylation is 1. The van der Waals surface area contributed by atoms with E-state index in [0.29, 0.717) is 0 Å². The molecular formula is C14H16ClN3. The Morgan fingerprint density at radius 2 is 1.94 bits per heavy atom. The average Bonchev–Trinajstić information content (AvgIpc) is 2.35. The third kappa shape index (κ3) is 3.14. The lowest BCUT2D eigenvalue weighted by atomic mass is 10.2. The number of hydrogen-bond acceptors (Lipinski definition) is 3. The summed E-state index contributed by atoms with van der Waals surface area (Å²) in [5, 5.41) is 7.16. The van der Waals surface area contributed by atoms with Gasteiger partial charge in [0.25, 0.3) is 0 Å². The minimum absolute atomic E-state index is 0.753. The van der Waals surface area contributed by atoms with Crippen LogP contribution in [0.4, 0.5) is 17.3 Å². The number of rotatable bonds is 4. The highest BCUT2D eigenvalue weighted by Gasteiger charge is 2.00. The van der Waals surface area contributed by atoms with Crippen LogP contribution in [-0.4, -0.2) is 11.5 Å². The van der Waals surface area contributed by atoms with Crippen LogP contribution in [0.3, 0.4) is 0 Å². The van der Waals surface area contributed by atoms with Gasteiger partial charge in [0.1, 0.15) is 11.6 Å². The Balaban J connectivity index is 2.17. The molecule has 0 aliphatic rings. The molecule has 3 nitrogen and oxygen atoms in total. The standard InChI is InChI=1S/C14H16ClN3/c1-3-16-13-5-4-6-14(18-13)17-11-8-7-10(2)12(15)9-11/h4-9H,3H2,1-2H3,(H2,16,17,18). The summed E-state index contributed by atoms with van der Waals surface area (Å²) < 4.78 is 0. The number of anilines is 3. The maximum atomic E-state index is 6.09. The summed E-state index contributed by atoms with van der Waals surface area (Å²) in [6.45, 7) is 4.88. The van der Waals surface area contributed by atoms with E-state index in [4.69, 9.17) is 11.6 Å². The Labute approximate surface area is 112 Å². The summed E-state index contributed by atoms with van der Waals surface area (Å²) in [5.74, 6) is 1.66. The molecule has 0 saturated heterocycles. The summed E-state index contributed by atoms with van der Waals surface area (Å²) in [4.78, 5) is 4.44. The quantitative estimate of drug-likeness (QED) is 0.865. The van der Waals surface area contributed by atoms with Gasteiger partial charge in [0.15, 0.2) is 0 Å². The van der Waals surface area contributed by atoms with Gasteiger partial charge in [-0.2, -0.15) is 0 Å². The van der Waals surface area contributed by atoms with Crippen molar-refractivity contribution in [3.05, 3.63) is 47.0 Å². The van der Waals surface area contributed by atoms with Crippen LogP contribution < -0.4 is 10.6 Å². The highest BCUT2D eigenvalue weighted by atomic mass is 35.5. The van der Waals surface area contributed by atoms with Crippen LogP contribution in [0.5, 0.6) is 0 Å². The molecule has 2 N–H and O–H groups in total. The first-order valence-corrected chi connectivity index (χ1v) is 6.31. The van der Waals surface area contributed by atoms with Crippen molar-refractivity contribution >= 4 is 28.9 Å². The summed E-state index contributed by atoms with van der Waals surface area (Å²) >= 11 is 6.09. The van der Waals surface area contributed by atoms with Crippen LogP contribution in [0.2, 0.25) is 5.02 Å². The largest absolute Gasteiger partial charge is 0.370 e. The van der Waals surface area contributed by atoms with Gasteiger partial charge in [0, 0.05) is 17.3 Å². The molecule has 0 spiro atoms. The number of benzene rings is 1. The van der Waals surface area contributed by atoms with Crippen molar-refractivity contribution in [1.29, 1.82) is 0 Å². The molecule has 0 unspecified atom stereocenters. The SMILES string of the molecule is CCNc1cccc(Nc2ccc(C)c(Cl)c2)n1. The fraction of sp³-hybridized carbons (Fsp3) is 0.214. The normalized spacial score (nSPS) is 10.2. The third-order valence-electron chi connectivity index (χ3n) is 2.55. The molecule has 0 amide bonds. The fourth-order valence-corrected chi connectivity index (χ4v) is 1.78. The predicted octanol–water partition coefficient (Wildman–Crippen LogP) is 4.22. The van der Waals surface area contributed by atoms with Crippen LogP contribution in [0.25, 0.3) is 0 Å². The zero-order chi connectivity index (χ0) is 13.0. The smallest absolute Gasteiger partial charge is 0.132 e. The molecule has 0 fully saturated rings. The molecule has 0 aliphatic heterocycles.